The first kappa shape index (κ1) is 13.7. The Bertz CT molecular complexity index is 393. The highest BCUT2D eigenvalue weighted by Gasteiger charge is 2.20. The third-order valence-corrected chi connectivity index (χ3v) is 2.82. The molecule has 0 atom stereocenters. The lowest BCUT2D eigenvalue weighted by Gasteiger charge is -2.25. The van der Waals surface area contributed by atoms with Crippen molar-refractivity contribution in [3.8, 4) is 6.07 Å². The molecule has 0 spiro atoms. The van der Waals surface area contributed by atoms with Crippen LogP contribution < -0.4 is 5.32 Å². The minimum absolute atomic E-state index is 0.102. The summed E-state index contributed by atoms with van der Waals surface area (Å²) in [4.78, 5) is 0. The third kappa shape index (κ3) is 4.54. The topological polar surface area (TPSA) is 35.8 Å². The van der Waals surface area contributed by atoms with Crippen LogP contribution in [0.25, 0.3) is 0 Å². The maximum absolute atomic E-state index is 13.1. The number of hydrogen-bond acceptors (Lipinski definition) is 2. The SMILES string of the molecule is CC(C)(CNCCCC#N)c1cccc(F)c1. The van der Waals surface area contributed by atoms with Gasteiger partial charge < -0.3 is 5.32 Å². The van der Waals surface area contributed by atoms with Gasteiger partial charge in [0.25, 0.3) is 0 Å². The van der Waals surface area contributed by atoms with E-state index < -0.39 is 0 Å². The lowest BCUT2D eigenvalue weighted by Crippen LogP contribution is -2.33. The lowest BCUT2D eigenvalue weighted by molar-refractivity contribution is 0.464. The van der Waals surface area contributed by atoms with Crippen LogP contribution in [0.5, 0.6) is 0 Å². The van der Waals surface area contributed by atoms with Gasteiger partial charge in [-0.05, 0) is 30.7 Å². The molecule has 3 heteroatoms. The van der Waals surface area contributed by atoms with Crippen LogP contribution in [0.3, 0.4) is 0 Å². The number of rotatable bonds is 6. The van der Waals surface area contributed by atoms with Gasteiger partial charge in [-0.1, -0.05) is 26.0 Å². The standard InChI is InChI=1S/C14H19FN2/c1-14(2,11-17-9-4-3-8-16)12-6-5-7-13(15)10-12/h5-7,10,17H,3-4,9,11H2,1-2H3. The van der Waals surface area contributed by atoms with E-state index in [4.69, 9.17) is 5.26 Å². The minimum Gasteiger partial charge on any atom is -0.316 e. The Labute approximate surface area is 102 Å². The van der Waals surface area contributed by atoms with Crippen LogP contribution in [0, 0.1) is 17.1 Å². The number of nitrogens with zero attached hydrogens (tertiary/aromatic N) is 1. The van der Waals surface area contributed by atoms with Crippen molar-refractivity contribution in [2.75, 3.05) is 13.1 Å². The molecule has 0 bridgehead atoms. The van der Waals surface area contributed by atoms with E-state index in [0.717, 1.165) is 25.1 Å². The molecule has 92 valence electrons. The summed E-state index contributed by atoms with van der Waals surface area (Å²) in [7, 11) is 0. The molecule has 0 saturated carbocycles. The zero-order chi connectivity index (χ0) is 12.7. The summed E-state index contributed by atoms with van der Waals surface area (Å²) in [5, 5.41) is 11.7. The van der Waals surface area contributed by atoms with E-state index >= 15 is 0 Å². The number of halogens is 1. The number of nitriles is 1. The first-order chi connectivity index (χ1) is 8.06. The highest BCUT2D eigenvalue weighted by Crippen LogP contribution is 2.22. The maximum Gasteiger partial charge on any atom is 0.123 e. The number of nitrogens with one attached hydrogen (secondary N) is 1. The molecular formula is C14H19FN2. The molecule has 1 aromatic rings. The fourth-order valence-corrected chi connectivity index (χ4v) is 1.70. The molecule has 0 aromatic heterocycles. The Balaban J connectivity index is 2.48. The van der Waals surface area contributed by atoms with Crippen molar-refractivity contribution in [3.05, 3.63) is 35.6 Å². The second-order valence-electron chi connectivity index (χ2n) is 4.83. The average molecular weight is 234 g/mol. The first-order valence-electron chi connectivity index (χ1n) is 5.90. The number of unbranched alkanes of at least 4 members (excludes halogenated alkanes) is 1. The summed E-state index contributed by atoms with van der Waals surface area (Å²) >= 11 is 0. The molecule has 1 rings (SSSR count). The normalized spacial score (nSPS) is 11.2. The highest BCUT2D eigenvalue weighted by atomic mass is 19.1. The summed E-state index contributed by atoms with van der Waals surface area (Å²) in [5.41, 5.74) is 0.889. The summed E-state index contributed by atoms with van der Waals surface area (Å²) in [6.07, 6.45) is 1.43. The summed E-state index contributed by atoms with van der Waals surface area (Å²) in [6, 6.07) is 8.84. The van der Waals surface area contributed by atoms with Gasteiger partial charge in [0.15, 0.2) is 0 Å². The molecule has 0 aliphatic rings. The third-order valence-electron chi connectivity index (χ3n) is 2.82. The molecule has 0 aliphatic heterocycles. The van der Waals surface area contributed by atoms with Crippen LogP contribution in [0.4, 0.5) is 4.39 Å². The van der Waals surface area contributed by atoms with Crippen LogP contribution in [0.2, 0.25) is 0 Å². The minimum atomic E-state index is -0.194. The van der Waals surface area contributed by atoms with E-state index in [1.54, 1.807) is 12.1 Å². The Morgan fingerprint density at radius 3 is 2.82 bits per heavy atom. The maximum atomic E-state index is 13.1. The van der Waals surface area contributed by atoms with Gasteiger partial charge in [-0.2, -0.15) is 5.26 Å². The van der Waals surface area contributed by atoms with E-state index in [1.165, 1.54) is 6.07 Å². The molecule has 1 N–H and O–H groups in total. The quantitative estimate of drug-likeness (QED) is 0.768. The second kappa shape index (κ2) is 6.36. The number of benzene rings is 1. The summed E-state index contributed by atoms with van der Waals surface area (Å²) in [6.45, 7) is 5.77. The lowest BCUT2D eigenvalue weighted by atomic mass is 9.84. The monoisotopic (exact) mass is 234 g/mol. The van der Waals surface area contributed by atoms with Crippen molar-refractivity contribution in [2.45, 2.75) is 32.1 Å². The zero-order valence-electron chi connectivity index (χ0n) is 10.5. The number of hydrogen-bond donors (Lipinski definition) is 1. The summed E-state index contributed by atoms with van der Waals surface area (Å²) < 4.78 is 13.1. The van der Waals surface area contributed by atoms with Crippen LogP contribution >= 0.6 is 0 Å². The predicted octanol–water partition coefficient (Wildman–Crippen LogP) is 3.00. The van der Waals surface area contributed by atoms with Gasteiger partial charge in [0.2, 0.25) is 0 Å². The van der Waals surface area contributed by atoms with Gasteiger partial charge >= 0.3 is 0 Å². The first-order valence-corrected chi connectivity index (χ1v) is 5.90. The van der Waals surface area contributed by atoms with Gasteiger partial charge in [-0.15, -0.1) is 0 Å². The Morgan fingerprint density at radius 1 is 1.41 bits per heavy atom. The molecule has 0 heterocycles. The van der Waals surface area contributed by atoms with E-state index in [9.17, 15) is 4.39 Å². The fourth-order valence-electron chi connectivity index (χ4n) is 1.70. The fraction of sp³-hybridized carbons (Fsp3) is 0.500. The molecule has 0 radical (unpaired) electrons. The van der Waals surface area contributed by atoms with Gasteiger partial charge in [0.1, 0.15) is 5.82 Å². The molecule has 0 fully saturated rings. The molecular weight excluding hydrogens is 215 g/mol. The van der Waals surface area contributed by atoms with Crippen molar-refractivity contribution in [1.29, 1.82) is 5.26 Å². The molecule has 0 unspecified atom stereocenters. The average Bonchev–Trinajstić information content (AvgIpc) is 2.29. The van der Waals surface area contributed by atoms with E-state index in [0.29, 0.717) is 6.42 Å². The highest BCUT2D eigenvalue weighted by molar-refractivity contribution is 5.24. The molecule has 0 aliphatic carbocycles. The van der Waals surface area contributed by atoms with Crippen LogP contribution in [-0.4, -0.2) is 13.1 Å². The van der Waals surface area contributed by atoms with Gasteiger partial charge in [0, 0.05) is 18.4 Å². The molecule has 2 nitrogen and oxygen atoms in total. The smallest absolute Gasteiger partial charge is 0.123 e. The van der Waals surface area contributed by atoms with Crippen LogP contribution in [0.1, 0.15) is 32.3 Å². The van der Waals surface area contributed by atoms with Crippen LogP contribution in [0.15, 0.2) is 24.3 Å². The summed E-state index contributed by atoms with van der Waals surface area (Å²) in [5.74, 6) is -0.194. The van der Waals surface area contributed by atoms with Crippen molar-refractivity contribution >= 4 is 0 Å². The van der Waals surface area contributed by atoms with Crippen molar-refractivity contribution < 1.29 is 4.39 Å². The van der Waals surface area contributed by atoms with Gasteiger partial charge in [-0.3, -0.25) is 0 Å². The zero-order valence-corrected chi connectivity index (χ0v) is 10.5. The molecule has 17 heavy (non-hydrogen) atoms. The van der Waals surface area contributed by atoms with E-state index in [2.05, 4.69) is 25.2 Å². The van der Waals surface area contributed by atoms with Crippen LogP contribution in [-0.2, 0) is 5.41 Å². The van der Waals surface area contributed by atoms with Crippen molar-refractivity contribution in [3.63, 3.8) is 0 Å². The molecule has 1 aromatic carbocycles. The Kier molecular flexibility index (Phi) is 5.11. The van der Waals surface area contributed by atoms with E-state index in [-0.39, 0.29) is 11.2 Å². The Hall–Kier alpha value is -1.40. The van der Waals surface area contributed by atoms with Gasteiger partial charge in [0.05, 0.1) is 6.07 Å². The Morgan fingerprint density at radius 2 is 2.18 bits per heavy atom. The second-order valence-corrected chi connectivity index (χ2v) is 4.83. The predicted molar refractivity (Wildman–Crippen MR) is 67.1 cm³/mol. The molecule has 0 amide bonds. The van der Waals surface area contributed by atoms with E-state index in [1.807, 2.05) is 6.07 Å². The largest absolute Gasteiger partial charge is 0.316 e. The molecule has 0 saturated heterocycles. The van der Waals surface area contributed by atoms with Crippen molar-refractivity contribution in [1.82, 2.24) is 5.32 Å². The van der Waals surface area contributed by atoms with Gasteiger partial charge in [-0.25, -0.2) is 4.39 Å². The van der Waals surface area contributed by atoms with Crippen molar-refractivity contribution in [2.24, 2.45) is 0 Å².